The molecule has 3 nitrogen and oxygen atoms in total. The van der Waals surface area contributed by atoms with Gasteiger partial charge in [-0.15, -0.1) is 0 Å². The maximum Gasteiger partial charge on any atom is 0.0634 e. The van der Waals surface area contributed by atoms with Crippen LogP contribution in [0, 0.1) is 0 Å². The van der Waals surface area contributed by atoms with Crippen LogP contribution < -0.4 is 0 Å². The molecule has 0 bridgehead atoms. The molecule has 2 heterocycles. The molecule has 2 aliphatic rings. The maximum absolute atomic E-state index is 5.46. The summed E-state index contributed by atoms with van der Waals surface area (Å²) >= 11 is 0. The van der Waals surface area contributed by atoms with Crippen molar-refractivity contribution in [1.82, 2.24) is 9.80 Å². The third-order valence-corrected chi connectivity index (χ3v) is 2.97. The van der Waals surface area contributed by atoms with Gasteiger partial charge in [0.25, 0.3) is 0 Å². The van der Waals surface area contributed by atoms with Crippen LogP contribution in [0.25, 0.3) is 0 Å². The monoisotopic (exact) mass is 170 g/mol. The van der Waals surface area contributed by atoms with Gasteiger partial charge >= 0.3 is 0 Å². The van der Waals surface area contributed by atoms with Crippen molar-refractivity contribution in [1.29, 1.82) is 0 Å². The average Bonchev–Trinajstić information content (AvgIpc) is 2.17. The Kier molecular flexibility index (Phi) is 2.63. The first-order valence-corrected chi connectivity index (χ1v) is 4.94. The molecule has 1 atom stereocenters. The van der Waals surface area contributed by atoms with E-state index >= 15 is 0 Å². The van der Waals surface area contributed by atoms with E-state index in [1.165, 1.54) is 26.2 Å². The summed E-state index contributed by atoms with van der Waals surface area (Å²) in [7, 11) is 0. The average molecular weight is 170 g/mol. The first-order valence-electron chi connectivity index (χ1n) is 4.94. The van der Waals surface area contributed by atoms with Gasteiger partial charge in [0.05, 0.1) is 13.2 Å². The second-order valence-electron chi connectivity index (χ2n) is 3.66. The van der Waals surface area contributed by atoms with E-state index in [1.807, 2.05) is 0 Å². The van der Waals surface area contributed by atoms with Crippen LogP contribution in [-0.4, -0.2) is 61.8 Å². The lowest BCUT2D eigenvalue weighted by molar-refractivity contribution is -0.0435. The highest BCUT2D eigenvalue weighted by molar-refractivity contribution is 4.83. The Labute approximate surface area is 74.3 Å². The Bertz CT molecular complexity index is 151. The van der Waals surface area contributed by atoms with Gasteiger partial charge in [-0.1, -0.05) is 6.92 Å². The summed E-state index contributed by atoms with van der Waals surface area (Å²) in [5, 5.41) is 0. The minimum atomic E-state index is 0.674. The standard InChI is InChI=1S/C9H18N2O/c1-2-10-3-4-11-5-6-12-8-9(11)7-10/h9H,2-8H2,1H3. The van der Waals surface area contributed by atoms with Crippen LogP contribution in [0.3, 0.4) is 0 Å². The molecular weight excluding hydrogens is 152 g/mol. The Hall–Kier alpha value is -0.120. The Morgan fingerprint density at radius 1 is 1.33 bits per heavy atom. The van der Waals surface area contributed by atoms with Gasteiger partial charge in [0.1, 0.15) is 0 Å². The molecule has 0 N–H and O–H groups in total. The maximum atomic E-state index is 5.46. The zero-order chi connectivity index (χ0) is 8.39. The second kappa shape index (κ2) is 3.73. The Morgan fingerprint density at radius 3 is 3.08 bits per heavy atom. The van der Waals surface area contributed by atoms with Gasteiger partial charge in [-0.05, 0) is 6.54 Å². The number of likely N-dealkylation sites (N-methyl/N-ethyl adjacent to an activating group) is 1. The summed E-state index contributed by atoms with van der Waals surface area (Å²) < 4.78 is 5.46. The smallest absolute Gasteiger partial charge is 0.0634 e. The molecule has 0 saturated carbocycles. The second-order valence-corrected chi connectivity index (χ2v) is 3.66. The largest absolute Gasteiger partial charge is 0.378 e. The molecule has 2 fully saturated rings. The van der Waals surface area contributed by atoms with Crippen molar-refractivity contribution in [2.45, 2.75) is 13.0 Å². The summed E-state index contributed by atoms with van der Waals surface area (Å²) in [6.07, 6.45) is 0. The van der Waals surface area contributed by atoms with Gasteiger partial charge in [0.2, 0.25) is 0 Å². The molecule has 0 amide bonds. The molecule has 0 aromatic carbocycles. The molecule has 3 heteroatoms. The van der Waals surface area contributed by atoms with Gasteiger partial charge in [-0.2, -0.15) is 0 Å². The molecule has 0 aromatic heterocycles. The number of hydrogen-bond donors (Lipinski definition) is 0. The van der Waals surface area contributed by atoms with E-state index < -0.39 is 0 Å². The zero-order valence-electron chi connectivity index (χ0n) is 7.83. The number of rotatable bonds is 1. The predicted octanol–water partition coefficient (Wildman–Crippen LogP) is 0.0227. The van der Waals surface area contributed by atoms with Gasteiger partial charge < -0.3 is 9.64 Å². The predicted molar refractivity (Wildman–Crippen MR) is 48.3 cm³/mol. The van der Waals surface area contributed by atoms with Gasteiger partial charge in [-0.3, -0.25) is 4.90 Å². The molecule has 70 valence electrons. The van der Waals surface area contributed by atoms with E-state index in [9.17, 15) is 0 Å². The number of morpholine rings is 1. The van der Waals surface area contributed by atoms with E-state index in [4.69, 9.17) is 4.74 Å². The lowest BCUT2D eigenvalue weighted by Crippen LogP contribution is -2.57. The Balaban J connectivity index is 1.90. The van der Waals surface area contributed by atoms with Crippen molar-refractivity contribution in [2.75, 3.05) is 45.9 Å². The summed E-state index contributed by atoms with van der Waals surface area (Å²) in [6.45, 7) is 10.1. The van der Waals surface area contributed by atoms with Crippen LogP contribution in [0.5, 0.6) is 0 Å². The van der Waals surface area contributed by atoms with Gasteiger partial charge in [0, 0.05) is 32.2 Å². The molecule has 0 aliphatic carbocycles. The van der Waals surface area contributed by atoms with Crippen LogP contribution in [0.15, 0.2) is 0 Å². The van der Waals surface area contributed by atoms with Crippen molar-refractivity contribution in [3.05, 3.63) is 0 Å². The number of hydrogen-bond acceptors (Lipinski definition) is 3. The first kappa shape index (κ1) is 8.48. The number of ether oxygens (including phenoxy) is 1. The molecule has 2 rings (SSSR count). The highest BCUT2D eigenvalue weighted by Gasteiger charge is 2.28. The summed E-state index contributed by atoms with van der Waals surface area (Å²) in [5.41, 5.74) is 0. The minimum absolute atomic E-state index is 0.674. The van der Waals surface area contributed by atoms with Crippen molar-refractivity contribution in [2.24, 2.45) is 0 Å². The first-order chi connectivity index (χ1) is 5.90. The normalized spacial score (nSPS) is 33.2. The Morgan fingerprint density at radius 2 is 2.25 bits per heavy atom. The molecular formula is C9H18N2O. The highest BCUT2D eigenvalue weighted by Crippen LogP contribution is 2.12. The lowest BCUT2D eigenvalue weighted by Gasteiger charge is -2.43. The molecule has 0 radical (unpaired) electrons. The van der Waals surface area contributed by atoms with Crippen molar-refractivity contribution in [3.63, 3.8) is 0 Å². The molecule has 12 heavy (non-hydrogen) atoms. The SMILES string of the molecule is CCN1CCN2CCOCC2C1. The molecule has 1 unspecified atom stereocenters. The summed E-state index contributed by atoms with van der Waals surface area (Å²) in [4.78, 5) is 5.07. The van der Waals surface area contributed by atoms with Crippen molar-refractivity contribution < 1.29 is 4.74 Å². The minimum Gasteiger partial charge on any atom is -0.378 e. The zero-order valence-corrected chi connectivity index (χ0v) is 7.83. The number of nitrogens with zero attached hydrogens (tertiary/aromatic N) is 2. The number of piperazine rings is 1. The topological polar surface area (TPSA) is 15.7 Å². The molecule has 2 saturated heterocycles. The van der Waals surface area contributed by atoms with Crippen molar-refractivity contribution in [3.8, 4) is 0 Å². The molecule has 0 aromatic rings. The highest BCUT2D eigenvalue weighted by atomic mass is 16.5. The third-order valence-electron chi connectivity index (χ3n) is 2.97. The van der Waals surface area contributed by atoms with E-state index in [2.05, 4.69) is 16.7 Å². The van der Waals surface area contributed by atoms with E-state index in [-0.39, 0.29) is 0 Å². The van der Waals surface area contributed by atoms with E-state index in [1.54, 1.807) is 0 Å². The van der Waals surface area contributed by atoms with Gasteiger partial charge in [-0.25, -0.2) is 0 Å². The van der Waals surface area contributed by atoms with Crippen LogP contribution in [0.1, 0.15) is 6.92 Å². The van der Waals surface area contributed by atoms with Crippen LogP contribution in [0.4, 0.5) is 0 Å². The van der Waals surface area contributed by atoms with Crippen LogP contribution in [0.2, 0.25) is 0 Å². The van der Waals surface area contributed by atoms with Crippen LogP contribution in [-0.2, 0) is 4.74 Å². The quantitative estimate of drug-likeness (QED) is 0.552. The van der Waals surface area contributed by atoms with E-state index in [0.717, 1.165) is 19.8 Å². The fraction of sp³-hybridized carbons (Fsp3) is 1.00. The summed E-state index contributed by atoms with van der Waals surface area (Å²) in [5.74, 6) is 0. The fourth-order valence-electron chi connectivity index (χ4n) is 2.10. The fourth-order valence-corrected chi connectivity index (χ4v) is 2.10. The van der Waals surface area contributed by atoms with Gasteiger partial charge in [0.15, 0.2) is 0 Å². The lowest BCUT2D eigenvalue weighted by atomic mass is 10.1. The van der Waals surface area contributed by atoms with E-state index in [0.29, 0.717) is 6.04 Å². The summed E-state index contributed by atoms with van der Waals surface area (Å²) in [6, 6.07) is 0.674. The van der Waals surface area contributed by atoms with Crippen LogP contribution >= 0.6 is 0 Å². The molecule has 2 aliphatic heterocycles. The third kappa shape index (κ3) is 1.63. The number of fused-ring (bicyclic) bond motifs is 1. The molecule has 0 spiro atoms. The van der Waals surface area contributed by atoms with Crippen molar-refractivity contribution >= 4 is 0 Å².